The topological polar surface area (TPSA) is 63.2 Å². The Morgan fingerprint density at radius 3 is 2.14 bits per heavy atom. The van der Waals surface area contributed by atoms with E-state index in [0.717, 1.165) is 22.4 Å². The first kappa shape index (κ1) is 20.6. The van der Waals surface area contributed by atoms with Gasteiger partial charge in [-0.25, -0.2) is 0 Å². The van der Waals surface area contributed by atoms with Crippen LogP contribution in [0.3, 0.4) is 0 Å². The van der Waals surface area contributed by atoms with E-state index in [-0.39, 0.29) is 17.8 Å². The van der Waals surface area contributed by atoms with Crippen LogP contribution >= 0.6 is 0 Å². The summed E-state index contributed by atoms with van der Waals surface area (Å²) >= 11 is 0. The van der Waals surface area contributed by atoms with E-state index in [4.69, 9.17) is 23.7 Å². The number of hydrogen-bond acceptors (Lipinski definition) is 6. The third-order valence-electron chi connectivity index (χ3n) is 4.93. The van der Waals surface area contributed by atoms with E-state index in [9.17, 15) is 4.79 Å². The highest BCUT2D eigenvalue weighted by Crippen LogP contribution is 2.52. The van der Waals surface area contributed by atoms with Gasteiger partial charge in [0.05, 0.1) is 21.3 Å². The average molecular weight is 398 g/mol. The van der Waals surface area contributed by atoms with Crippen LogP contribution in [0.2, 0.25) is 0 Å². The van der Waals surface area contributed by atoms with Crippen LogP contribution in [-0.2, 0) is 4.79 Å². The maximum atomic E-state index is 11.5. The normalized spacial score (nSPS) is 17.6. The first-order valence-corrected chi connectivity index (χ1v) is 9.39. The number of fused-ring (bicyclic) bond motifs is 1. The first-order chi connectivity index (χ1) is 13.9. The third kappa shape index (κ3) is 3.88. The first-order valence-electron chi connectivity index (χ1n) is 9.39. The molecule has 0 aromatic heterocycles. The summed E-state index contributed by atoms with van der Waals surface area (Å²) in [4.78, 5) is 11.5. The highest BCUT2D eigenvalue weighted by atomic mass is 16.6. The minimum atomic E-state index is -0.450. The molecule has 0 saturated carbocycles. The van der Waals surface area contributed by atoms with Crippen molar-refractivity contribution < 1.29 is 28.5 Å². The van der Waals surface area contributed by atoms with Gasteiger partial charge in [0.25, 0.3) is 0 Å². The lowest BCUT2D eigenvalue weighted by Crippen LogP contribution is -2.10. The molecule has 0 aliphatic carbocycles. The molecular formula is C23H26O6. The van der Waals surface area contributed by atoms with E-state index in [0.29, 0.717) is 17.2 Å². The fourth-order valence-corrected chi connectivity index (χ4v) is 3.61. The van der Waals surface area contributed by atoms with E-state index < -0.39 is 5.97 Å². The van der Waals surface area contributed by atoms with Gasteiger partial charge in [-0.1, -0.05) is 19.1 Å². The highest BCUT2D eigenvalue weighted by Gasteiger charge is 2.36. The van der Waals surface area contributed by atoms with Crippen LogP contribution in [0, 0.1) is 0 Å². The molecule has 0 amide bonds. The van der Waals surface area contributed by atoms with Gasteiger partial charge in [-0.2, -0.15) is 0 Å². The predicted molar refractivity (Wildman–Crippen MR) is 110 cm³/mol. The predicted octanol–water partition coefficient (Wildman–Crippen LogP) is 4.91. The molecule has 29 heavy (non-hydrogen) atoms. The molecule has 3 rings (SSSR count). The summed E-state index contributed by atoms with van der Waals surface area (Å²) in [6, 6.07) is 7.70. The van der Waals surface area contributed by atoms with Crippen molar-refractivity contribution >= 4 is 12.0 Å². The monoisotopic (exact) mass is 398 g/mol. The van der Waals surface area contributed by atoms with Gasteiger partial charge in [0.15, 0.2) is 23.0 Å². The van der Waals surface area contributed by atoms with E-state index in [1.165, 1.54) is 21.1 Å². The second kappa shape index (κ2) is 8.47. The molecule has 1 heterocycles. The average Bonchev–Trinajstić information content (AvgIpc) is 3.04. The van der Waals surface area contributed by atoms with Gasteiger partial charge >= 0.3 is 5.97 Å². The second-order valence-electron chi connectivity index (χ2n) is 6.82. The Bertz CT molecular complexity index is 922. The van der Waals surface area contributed by atoms with Gasteiger partial charge < -0.3 is 23.7 Å². The molecule has 0 saturated heterocycles. The lowest BCUT2D eigenvalue weighted by molar-refractivity contribution is -0.132. The summed E-state index contributed by atoms with van der Waals surface area (Å²) in [6.07, 6.45) is 3.75. The Labute approximate surface area is 171 Å². The van der Waals surface area contributed by atoms with Crippen LogP contribution < -0.4 is 23.7 Å². The molecule has 0 spiro atoms. The number of benzene rings is 2. The van der Waals surface area contributed by atoms with Crippen molar-refractivity contribution in [3.05, 3.63) is 47.0 Å². The third-order valence-corrected chi connectivity index (χ3v) is 4.93. The van der Waals surface area contributed by atoms with Crippen LogP contribution in [0.5, 0.6) is 28.7 Å². The maximum absolute atomic E-state index is 11.5. The zero-order chi connectivity index (χ0) is 21.1. The largest absolute Gasteiger partial charge is 0.493 e. The van der Waals surface area contributed by atoms with E-state index in [1.807, 2.05) is 37.3 Å². The van der Waals surface area contributed by atoms with Gasteiger partial charge in [-0.3, -0.25) is 4.79 Å². The van der Waals surface area contributed by atoms with Gasteiger partial charge in [0.2, 0.25) is 5.75 Å². The van der Waals surface area contributed by atoms with Crippen LogP contribution in [0.25, 0.3) is 6.08 Å². The fourth-order valence-electron chi connectivity index (χ4n) is 3.61. The minimum absolute atomic E-state index is 0.0677. The SMILES string of the molecule is CC=Cc1cc(OC)c2c(c1)C(C)C(c1cc(OC)c(OC(C)=O)c(OC)c1)O2. The summed E-state index contributed by atoms with van der Waals surface area (Å²) in [5.41, 5.74) is 2.98. The molecule has 154 valence electrons. The molecule has 1 aliphatic heterocycles. The van der Waals surface area contributed by atoms with Crippen LogP contribution in [0.4, 0.5) is 0 Å². The molecular weight excluding hydrogens is 372 g/mol. The molecule has 2 unspecified atom stereocenters. The molecule has 0 bridgehead atoms. The summed E-state index contributed by atoms with van der Waals surface area (Å²) in [7, 11) is 4.67. The standard InChI is InChI=1S/C23H26O6/c1-7-8-15-9-17-13(2)21(29-22(17)18(10-15)25-4)16-11-19(26-5)23(28-14(3)24)20(12-16)27-6/h7-13,21H,1-6H3. The van der Waals surface area contributed by atoms with E-state index in [1.54, 1.807) is 7.11 Å². The quantitative estimate of drug-likeness (QED) is 0.509. The smallest absolute Gasteiger partial charge is 0.308 e. The Balaban J connectivity index is 2.06. The molecule has 6 heteroatoms. The fraction of sp³-hybridized carbons (Fsp3) is 0.348. The summed E-state index contributed by atoms with van der Waals surface area (Å²) < 4.78 is 28.1. The number of hydrogen-bond donors (Lipinski definition) is 0. The highest BCUT2D eigenvalue weighted by molar-refractivity contribution is 5.72. The molecule has 0 N–H and O–H groups in total. The zero-order valence-electron chi connectivity index (χ0n) is 17.6. The van der Waals surface area contributed by atoms with E-state index in [2.05, 4.69) is 13.0 Å². The summed E-state index contributed by atoms with van der Waals surface area (Å²) in [5, 5.41) is 0. The van der Waals surface area contributed by atoms with Crippen molar-refractivity contribution in [2.75, 3.05) is 21.3 Å². The zero-order valence-corrected chi connectivity index (χ0v) is 17.6. The maximum Gasteiger partial charge on any atom is 0.308 e. The Hall–Kier alpha value is -3.15. The second-order valence-corrected chi connectivity index (χ2v) is 6.82. The van der Waals surface area contributed by atoms with Crippen molar-refractivity contribution in [1.29, 1.82) is 0 Å². The molecule has 2 atom stereocenters. The minimum Gasteiger partial charge on any atom is -0.493 e. The summed E-state index contributed by atoms with van der Waals surface area (Å²) in [6.45, 7) is 5.42. The van der Waals surface area contributed by atoms with Crippen molar-refractivity contribution in [3.63, 3.8) is 0 Å². The molecule has 2 aromatic carbocycles. The molecule has 0 radical (unpaired) electrons. The number of rotatable bonds is 6. The van der Waals surface area contributed by atoms with Crippen molar-refractivity contribution in [1.82, 2.24) is 0 Å². The van der Waals surface area contributed by atoms with Gasteiger partial charge in [-0.15, -0.1) is 0 Å². The Morgan fingerprint density at radius 1 is 1.00 bits per heavy atom. The van der Waals surface area contributed by atoms with Crippen molar-refractivity contribution in [2.24, 2.45) is 0 Å². The number of carbonyl (C=O) groups is 1. The number of ether oxygens (including phenoxy) is 5. The number of allylic oxidation sites excluding steroid dienone is 1. The number of carbonyl (C=O) groups excluding carboxylic acids is 1. The lowest BCUT2D eigenvalue weighted by Gasteiger charge is -2.20. The van der Waals surface area contributed by atoms with Crippen molar-refractivity contribution in [3.8, 4) is 28.7 Å². The molecule has 0 fully saturated rings. The Morgan fingerprint density at radius 2 is 1.62 bits per heavy atom. The van der Waals surface area contributed by atoms with Crippen LogP contribution in [0.1, 0.15) is 49.5 Å². The lowest BCUT2D eigenvalue weighted by atomic mass is 9.91. The van der Waals surface area contributed by atoms with Crippen LogP contribution in [-0.4, -0.2) is 27.3 Å². The van der Waals surface area contributed by atoms with Gasteiger partial charge in [0.1, 0.15) is 6.10 Å². The molecule has 6 nitrogen and oxygen atoms in total. The Kier molecular flexibility index (Phi) is 6.01. The van der Waals surface area contributed by atoms with Gasteiger partial charge in [0, 0.05) is 24.0 Å². The number of esters is 1. The van der Waals surface area contributed by atoms with E-state index >= 15 is 0 Å². The number of methoxy groups -OCH3 is 3. The van der Waals surface area contributed by atoms with Crippen LogP contribution in [0.15, 0.2) is 30.3 Å². The molecule has 1 aliphatic rings. The van der Waals surface area contributed by atoms with Gasteiger partial charge in [-0.05, 0) is 36.8 Å². The summed E-state index contributed by atoms with van der Waals surface area (Å²) in [5.74, 6) is 2.11. The van der Waals surface area contributed by atoms with Crippen molar-refractivity contribution in [2.45, 2.75) is 32.8 Å². The molecule has 2 aromatic rings.